The van der Waals surface area contributed by atoms with Gasteiger partial charge in [-0.2, -0.15) is 0 Å². The molecule has 1 aliphatic rings. The van der Waals surface area contributed by atoms with E-state index in [-0.39, 0.29) is 6.42 Å². The zero-order valence-corrected chi connectivity index (χ0v) is 9.46. The number of aromatic nitrogens is 2. The average molecular weight is 267 g/mol. The van der Waals surface area contributed by atoms with Gasteiger partial charge in [-0.25, -0.2) is 9.59 Å². The summed E-state index contributed by atoms with van der Waals surface area (Å²) in [6.45, 7) is 0. The van der Waals surface area contributed by atoms with E-state index in [4.69, 9.17) is 15.4 Å². The third-order valence-electron chi connectivity index (χ3n) is 2.70. The number of azide groups is 1. The van der Waals surface area contributed by atoms with Crippen LogP contribution in [0.5, 0.6) is 0 Å². The molecule has 2 heterocycles. The van der Waals surface area contributed by atoms with Crippen LogP contribution >= 0.6 is 0 Å². The first-order valence-corrected chi connectivity index (χ1v) is 5.27. The van der Waals surface area contributed by atoms with Gasteiger partial charge >= 0.3 is 11.7 Å². The van der Waals surface area contributed by atoms with E-state index in [1.165, 1.54) is 6.20 Å². The number of nitrogens with zero attached hydrogens (tertiary/aromatic N) is 4. The van der Waals surface area contributed by atoms with Crippen LogP contribution in [-0.2, 0) is 9.53 Å². The normalized spacial score (nSPS) is 25.8. The highest BCUT2D eigenvalue weighted by Gasteiger charge is 2.40. The van der Waals surface area contributed by atoms with Crippen LogP contribution in [0.4, 0.5) is 0 Å². The molecule has 0 spiro atoms. The van der Waals surface area contributed by atoms with Crippen molar-refractivity contribution in [2.75, 3.05) is 0 Å². The largest absolute Gasteiger partial charge is 0.479 e. The minimum atomic E-state index is -1.32. The molecule has 0 radical (unpaired) electrons. The van der Waals surface area contributed by atoms with Crippen molar-refractivity contribution < 1.29 is 14.6 Å². The molecule has 1 fully saturated rings. The lowest BCUT2D eigenvalue weighted by atomic mass is 10.1. The number of rotatable bonds is 3. The number of carboxylic acid groups (broad SMARTS) is 1. The number of carboxylic acids is 1. The van der Waals surface area contributed by atoms with Crippen LogP contribution in [0.1, 0.15) is 12.6 Å². The van der Waals surface area contributed by atoms with E-state index in [0.717, 1.165) is 10.6 Å². The van der Waals surface area contributed by atoms with Crippen LogP contribution in [0.2, 0.25) is 0 Å². The Balaban J connectivity index is 2.33. The van der Waals surface area contributed by atoms with Gasteiger partial charge in [-0.3, -0.25) is 14.3 Å². The first-order chi connectivity index (χ1) is 9.02. The highest BCUT2D eigenvalue weighted by Crippen LogP contribution is 2.29. The minimum absolute atomic E-state index is 0.0347. The number of ether oxygens (including phenoxy) is 1. The van der Waals surface area contributed by atoms with E-state index in [9.17, 15) is 14.4 Å². The summed E-state index contributed by atoms with van der Waals surface area (Å²) >= 11 is 0. The van der Waals surface area contributed by atoms with Crippen molar-refractivity contribution in [3.63, 3.8) is 0 Å². The van der Waals surface area contributed by atoms with Crippen molar-refractivity contribution in [2.45, 2.75) is 24.8 Å². The monoisotopic (exact) mass is 267 g/mol. The topological polar surface area (TPSA) is 150 Å². The summed E-state index contributed by atoms with van der Waals surface area (Å²) in [7, 11) is 0. The van der Waals surface area contributed by atoms with E-state index in [1.807, 2.05) is 4.98 Å². The van der Waals surface area contributed by atoms with Crippen molar-refractivity contribution >= 4 is 5.97 Å². The van der Waals surface area contributed by atoms with Crippen LogP contribution in [0.25, 0.3) is 10.4 Å². The summed E-state index contributed by atoms with van der Waals surface area (Å²) in [6.07, 6.45) is -0.989. The molecule has 2 N–H and O–H groups in total. The van der Waals surface area contributed by atoms with Crippen LogP contribution in [-0.4, -0.2) is 32.8 Å². The molecule has 2 rings (SSSR count). The summed E-state index contributed by atoms with van der Waals surface area (Å²) in [5.41, 5.74) is 7.08. The number of nitrogens with one attached hydrogen (secondary N) is 1. The van der Waals surface area contributed by atoms with Gasteiger partial charge in [-0.15, -0.1) is 0 Å². The van der Waals surface area contributed by atoms with Crippen molar-refractivity contribution in [3.05, 3.63) is 43.5 Å². The fraction of sp³-hybridized carbons (Fsp3) is 0.444. The quantitative estimate of drug-likeness (QED) is 0.433. The Bertz CT molecular complexity index is 647. The summed E-state index contributed by atoms with van der Waals surface area (Å²) in [5.74, 6) is -1.28. The second-order valence-electron chi connectivity index (χ2n) is 3.87. The molecule has 0 saturated carbocycles. The van der Waals surface area contributed by atoms with Gasteiger partial charge in [0, 0.05) is 23.6 Å². The van der Waals surface area contributed by atoms with Crippen molar-refractivity contribution in [1.29, 1.82) is 0 Å². The van der Waals surface area contributed by atoms with Gasteiger partial charge in [0.05, 0.1) is 6.04 Å². The first-order valence-electron chi connectivity index (χ1n) is 5.27. The number of H-pyrrole nitrogens is 1. The molecule has 1 aliphatic heterocycles. The smallest absolute Gasteiger partial charge is 0.333 e. The van der Waals surface area contributed by atoms with Crippen LogP contribution in [0.15, 0.2) is 27.0 Å². The van der Waals surface area contributed by atoms with Gasteiger partial charge in [-0.1, -0.05) is 5.11 Å². The summed E-state index contributed by atoms with van der Waals surface area (Å²) < 4.78 is 6.22. The van der Waals surface area contributed by atoms with Crippen molar-refractivity contribution in [1.82, 2.24) is 9.55 Å². The lowest BCUT2D eigenvalue weighted by Gasteiger charge is -2.13. The predicted octanol–water partition coefficient (Wildman–Crippen LogP) is -0.412. The molecule has 0 amide bonds. The summed E-state index contributed by atoms with van der Waals surface area (Å²) in [5, 5.41) is 12.3. The third-order valence-corrected chi connectivity index (χ3v) is 2.70. The van der Waals surface area contributed by atoms with Gasteiger partial charge < -0.3 is 9.84 Å². The second kappa shape index (κ2) is 4.96. The molecule has 1 aromatic rings. The molecule has 1 aromatic heterocycles. The Morgan fingerprint density at radius 3 is 2.95 bits per heavy atom. The first kappa shape index (κ1) is 12.9. The maximum Gasteiger partial charge on any atom is 0.333 e. The molecule has 0 bridgehead atoms. The van der Waals surface area contributed by atoms with Crippen molar-refractivity contribution in [3.8, 4) is 0 Å². The molecule has 10 heteroatoms. The molecule has 1 unspecified atom stereocenters. The molecular formula is C9H9N5O5. The summed E-state index contributed by atoms with van der Waals surface area (Å²) in [4.78, 5) is 38.0. The Kier molecular flexibility index (Phi) is 3.36. The lowest BCUT2D eigenvalue weighted by Crippen LogP contribution is -2.32. The predicted molar refractivity (Wildman–Crippen MR) is 60.4 cm³/mol. The number of hydrogen-bond donors (Lipinski definition) is 2. The van der Waals surface area contributed by atoms with Gasteiger partial charge in [0.1, 0.15) is 6.23 Å². The zero-order chi connectivity index (χ0) is 14.0. The fourth-order valence-corrected chi connectivity index (χ4v) is 1.88. The molecule has 0 aliphatic carbocycles. The molecular weight excluding hydrogens is 258 g/mol. The number of carbonyl (C=O) groups is 1. The molecule has 19 heavy (non-hydrogen) atoms. The van der Waals surface area contributed by atoms with E-state index in [0.29, 0.717) is 0 Å². The van der Waals surface area contributed by atoms with Gasteiger partial charge in [-0.05, 0) is 5.53 Å². The van der Waals surface area contributed by atoms with Crippen LogP contribution in [0.3, 0.4) is 0 Å². The van der Waals surface area contributed by atoms with Crippen molar-refractivity contribution in [2.24, 2.45) is 5.11 Å². The van der Waals surface area contributed by atoms with E-state index in [2.05, 4.69) is 10.0 Å². The Morgan fingerprint density at radius 2 is 2.37 bits per heavy atom. The molecule has 3 atom stereocenters. The number of hydrogen-bond acceptors (Lipinski definition) is 5. The molecule has 10 nitrogen and oxygen atoms in total. The minimum Gasteiger partial charge on any atom is -0.479 e. The maximum absolute atomic E-state index is 11.5. The highest BCUT2D eigenvalue weighted by atomic mass is 16.5. The number of aromatic amines is 1. The molecule has 100 valence electrons. The van der Waals surface area contributed by atoms with Gasteiger partial charge in [0.25, 0.3) is 5.56 Å². The van der Waals surface area contributed by atoms with Crippen LogP contribution < -0.4 is 11.2 Å². The maximum atomic E-state index is 11.5. The summed E-state index contributed by atoms with van der Waals surface area (Å²) in [6, 6.07) is 0.202. The Hall–Kier alpha value is -2.58. The number of aliphatic carboxylic acids is 1. The fourth-order valence-electron chi connectivity index (χ4n) is 1.88. The zero-order valence-electron chi connectivity index (χ0n) is 9.46. The second-order valence-corrected chi connectivity index (χ2v) is 3.87. The third kappa shape index (κ3) is 2.49. The van der Waals surface area contributed by atoms with Crippen LogP contribution in [0, 0.1) is 0 Å². The average Bonchev–Trinajstić information content (AvgIpc) is 2.73. The lowest BCUT2D eigenvalue weighted by molar-refractivity contribution is -0.152. The molecule has 0 aromatic carbocycles. The van der Waals surface area contributed by atoms with E-state index < -0.39 is 35.6 Å². The Morgan fingerprint density at radius 1 is 1.63 bits per heavy atom. The highest BCUT2D eigenvalue weighted by molar-refractivity contribution is 5.73. The van der Waals surface area contributed by atoms with E-state index >= 15 is 0 Å². The van der Waals surface area contributed by atoms with E-state index in [1.54, 1.807) is 0 Å². The Labute approximate surface area is 104 Å². The van der Waals surface area contributed by atoms with Gasteiger partial charge in [0.2, 0.25) is 0 Å². The standard InChI is InChI=1S/C9H9N5O5/c10-13-12-4-3-6(19-7(4)8(16)17)14-2-1-5(15)11-9(14)18/h1-2,4,6-7H,3H2,(H,16,17)(H,11,15,18)/t4?,6-,7+/m1/s1. The van der Waals surface area contributed by atoms with Gasteiger partial charge in [0.15, 0.2) is 6.10 Å². The molecule has 1 saturated heterocycles. The SMILES string of the molecule is [N-]=[N+]=NC1C[C@H](n2ccc(=O)[nH]c2=O)O[C@@H]1C(=O)O.